The van der Waals surface area contributed by atoms with E-state index in [1.807, 2.05) is 12.1 Å². The van der Waals surface area contributed by atoms with Gasteiger partial charge in [0.05, 0.1) is 25.0 Å². The summed E-state index contributed by atoms with van der Waals surface area (Å²) in [6, 6.07) is 5.57. The summed E-state index contributed by atoms with van der Waals surface area (Å²) < 4.78 is 16.0. The van der Waals surface area contributed by atoms with Crippen molar-refractivity contribution in [3.8, 4) is 17.1 Å². The largest absolute Gasteiger partial charge is 0.496 e. The van der Waals surface area contributed by atoms with Gasteiger partial charge in [-0.05, 0) is 18.6 Å². The molecule has 0 saturated carbocycles. The summed E-state index contributed by atoms with van der Waals surface area (Å²) in [5.74, 6) is 1.19. The predicted molar refractivity (Wildman–Crippen MR) is 88.9 cm³/mol. The van der Waals surface area contributed by atoms with Crippen molar-refractivity contribution in [2.45, 2.75) is 25.0 Å². The number of hydrogen-bond acceptors (Lipinski definition) is 6. The van der Waals surface area contributed by atoms with Gasteiger partial charge in [0.15, 0.2) is 12.2 Å². The lowest BCUT2D eigenvalue weighted by Gasteiger charge is -2.12. The van der Waals surface area contributed by atoms with E-state index in [2.05, 4.69) is 15.6 Å². The van der Waals surface area contributed by atoms with Crippen LogP contribution in [0.3, 0.4) is 0 Å². The minimum absolute atomic E-state index is 0.0429. The number of ether oxygens (including phenoxy) is 2. The summed E-state index contributed by atoms with van der Waals surface area (Å²) in [5.41, 5.74) is 1.47. The number of nitrogens with one attached hydrogen (secondary N) is 2. The highest BCUT2D eigenvalue weighted by Gasteiger charge is 2.25. The zero-order valence-corrected chi connectivity index (χ0v) is 13.7. The van der Waals surface area contributed by atoms with E-state index in [0.29, 0.717) is 23.6 Å². The molecule has 1 fully saturated rings. The summed E-state index contributed by atoms with van der Waals surface area (Å²) in [5, 5.41) is 6.20. The summed E-state index contributed by atoms with van der Waals surface area (Å²) in [7, 11) is 3.27. The van der Waals surface area contributed by atoms with Crippen LogP contribution in [-0.4, -0.2) is 43.8 Å². The molecular weight excluding hydrogens is 310 g/mol. The maximum atomic E-state index is 12.2. The molecule has 2 heterocycles. The lowest BCUT2D eigenvalue weighted by Crippen LogP contribution is -2.27. The highest BCUT2D eigenvalue weighted by Crippen LogP contribution is 2.32. The number of amides is 1. The molecule has 1 saturated heterocycles. The van der Waals surface area contributed by atoms with E-state index in [1.165, 1.54) is 6.39 Å². The van der Waals surface area contributed by atoms with E-state index < -0.39 is 0 Å². The first kappa shape index (κ1) is 16.5. The Bertz CT molecular complexity index is 687. The number of carbonyl (C=O) groups excluding carboxylic acids is 1. The van der Waals surface area contributed by atoms with Gasteiger partial charge in [-0.2, -0.15) is 0 Å². The van der Waals surface area contributed by atoms with E-state index in [-0.39, 0.29) is 18.1 Å². The highest BCUT2D eigenvalue weighted by atomic mass is 16.5. The van der Waals surface area contributed by atoms with Crippen LogP contribution in [0.5, 0.6) is 5.75 Å². The van der Waals surface area contributed by atoms with Crippen LogP contribution in [0.25, 0.3) is 11.3 Å². The molecule has 1 aliphatic rings. The summed E-state index contributed by atoms with van der Waals surface area (Å²) in [6.45, 7) is 0.786. The number of carbonyl (C=O) groups is 1. The Kier molecular flexibility index (Phi) is 5.12. The average molecular weight is 331 g/mol. The Morgan fingerprint density at radius 3 is 3.00 bits per heavy atom. The number of rotatable bonds is 6. The number of oxazole rings is 1. The number of methoxy groups -OCH3 is 2. The monoisotopic (exact) mass is 331 g/mol. The molecule has 2 atom stereocenters. The van der Waals surface area contributed by atoms with Crippen molar-refractivity contribution >= 4 is 11.6 Å². The molecule has 2 aromatic rings. The van der Waals surface area contributed by atoms with Gasteiger partial charge < -0.3 is 24.5 Å². The molecule has 1 amide bonds. The maximum Gasteiger partial charge on any atom is 0.225 e. The predicted octanol–water partition coefficient (Wildman–Crippen LogP) is 2.06. The van der Waals surface area contributed by atoms with Crippen molar-refractivity contribution in [2.75, 3.05) is 26.1 Å². The van der Waals surface area contributed by atoms with Crippen molar-refractivity contribution < 1.29 is 18.7 Å². The normalized spacial score (nSPS) is 20.1. The third kappa shape index (κ3) is 3.74. The van der Waals surface area contributed by atoms with Gasteiger partial charge in [-0.25, -0.2) is 4.98 Å². The minimum atomic E-state index is -0.0429. The molecule has 7 heteroatoms. The van der Waals surface area contributed by atoms with Crippen LogP contribution in [0.15, 0.2) is 35.2 Å². The van der Waals surface area contributed by atoms with Crippen LogP contribution in [0.4, 0.5) is 5.69 Å². The highest BCUT2D eigenvalue weighted by molar-refractivity contribution is 5.92. The molecule has 1 aliphatic heterocycles. The first-order valence-corrected chi connectivity index (χ1v) is 7.82. The molecule has 24 heavy (non-hydrogen) atoms. The molecule has 1 aromatic carbocycles. The van der Waals surface area contributed by atoms with Crippen LogP contribution < -0.4 is 15.4 Å². The molecule has 7 nitrogen and oxygen atoms in total. The second kappa shape index (κ2) is 7.46. The molecule has 3 rings (SSSR count). The van der Waals surface area contributed by atoms with Crippen LogP contribution in [0.1, 0.15) is 12.8 Å². The van der Waals surface area contributed by atoms with Crippen molar-refractivity contribution in [2.24, 2.45) is 0 Å². The van der Waals surface area contributed by atoms with Gasteiger partial charge in [-0.1, -0.05) is 0 Å². The van der Waals surface area contributed by atoms with Gasteiger partial charge in [0.25, 0.3) is 0 Å². The van der Waals surface area contributed by atoms with Crippen molar-refractivity contribution in [3.05, 3.63) is 30.8 Å². The third-order valence-electron chi connectivity index (χ3n) is 4.13. The fraction of sp³-hybridized carbons (Fsp3) is 0.412. The van der Waals surface area contributed by atoms with Crippen LogP contribution in [-0.2, 0) is 9.53 Å². The Balaban J connectivity index is 1.64. The van der Waals surface area contributed by atoms with Crippen LogP contribution in [0.2, 0.25) is 0 Å². The number of nitrogens with zero attached hydrogens (tertiary/aromatic N) is 1. The second-order valence-electron chi connectivity index (χ2n) is 5.73. The van der Waals surface area contributed by atoms with Gasteiger partial charge >= 0.3 is 0 Å². The van der Waals surface area contributed by atoms with Crippen molar-refractivity contribution in [3.63, 3.8) is 0 Å². The SMILES string of the molecule is COc1cc(NC(=O)C[C@H]2C[C@H](OC)CN2)ccc1-c1cnco1. The molecule has 0 unspecified atom stereocenters. The van der Waals surface area contributed by atoms with Gasteiger partial charge in [0.2, 0.25) is 5.91 Å². The lowest BCUT2D eigenvalue weighted by molar-refractivity contribution is -0.116. The smallest absolute Gasteiger partial charge is 0.225 e. The van der Waals surface area contributed by atoms with Crippen LogP contribution >= 0.6 is 0 Å². The molecular formula is C17H21N3O4. The van der Waals surface area contributed by atoms with Gasteiger partial charge in [0.1, 0.15) is 5.75 Å². The Labute approximate surface area is 140 Å². The lowest BCUT2D eigenvalue weighted by atomic mass is 10.1. The van der Waals surface area contributed by atoms with E-state index in [1.54, 1.807) is 26.5 Å². The summed E-state index contributed by atoms with van der Waals surface area (Å²) in [4.78, 5) is 16.1. The first-order chi connectivity index (χ1) is 11.7. The molecule has 0 spiro atoms. The van der Waals surface area contributed by atoms with Crippen molar-refractivity contribution in [1.82, 2.24) is 10.3 Å². The Morgan fingerprint density at radius 2 is 2.33 bits per heavy atom. The van der Waals surface area contributed by atoms with Crippen LogP contribution in [0, 0.1) is 0 Å². The quantitative estimate of drug-likeness (QED) is 0.843. The molecule has 2 N–H and O–H groups in total. The average Bonchev–Trinajstić information content (AvgIpc) is 3.26. The zero-order chi connectivity index (χ0) is 16.9. The fourth-order valence-electron chi connectivity index (χ4n) is 2.87. The molecule has 0 radical (unpaired) electrons. The van der Waals surface area contributed by atoms with Crippen molar-refractivity contribution in [1.29, 1.82) is 0 Å². The number of hydrogen-bond donors (Lipinski definition) is 2. The summed E-state index contributed by atoms with van der Waals surface area (Å²) in [6.07, 6.45) is 4.42. The Morgan fingerprint density at radius 1 is 1.46 bits per heavy atom. The zero-order valence-electron chi connectivity index (χ0n) is 13.7. The van der Waals surface area contributed by atoms with E-state index in [9.17, 15) is 4.79 Å². The van der Waals surface area contributed by atoms with Gasteiger partial charge in [-0.15, -0.1) is 0 Å². The molecule has 128 valence electrons. The fourth-order valence-corrected chi connectivity index (χ4v) is 2.87. The molecule has 0 bridgehead atoms. The topological polar surface area (TPSA) is 85.6 Å². The number of aromatic nitrogens is 1. The molecule has 1 aromatic heterocycles. The van der Waals surface area contributed by atoms with E-state index in [4.69, 9.17) is 13.9 Å². The van der Waals surface area contributed by atoms with Gasteiger partial charge in [-0.3, -0.25) is 4.79 Å². The van der Waals surface area contributed by atoms with E-state index in [0.717, 1.165) is 18.5 Å². The standard InChI is InChI=1S/C17H21N3O4/c1-22-13-5-12(19-8-13)7-17(21)20-11-3-4-14(15(6-11)23-2)16-9-18-10-24-16/h3-4,6,9-10,12-13,19H,5,7-8H2,1-2H3,(H,20,21)/t12-,13+/m1/s1. The first-order valence-electron chi connectivity index (χ1n) is 7.82. The van der Waals surface area contributed by atoms with E-state index >= 15 is 0 Å². The second-order valence-corrected chi connectivity index (χ2v) is 5.73. The Hall–Kier alpha value is -2.38. The maximum absolute atomic E-state index is 12.2. The number of anilines is 1. The number of benzene rings is 1. The van der Waals surface area contributed by atoms with Gasteiger partial charge in [0, 0.05) is 37.9 Å². The molecule has 0 aliphatic carbocycles. The minimum Gasteiger partial charge on any atom is -0.496 e. The third-order valence-corrected chi connectivity index (χ3v) is 4.13. The summed E-state index contributed by atoms with van der Waals surface area (Å²) >= 11 is 0.